The largest absolute Gasteiger partial charge is 0.481 e. The van der Waals surface area contributed by atoms with Crippen molar-refractivity contribution in [1.82, 2.24) is 0 Å². The predicted molar refractivity (Wildman–Crippen MR) is 113 cm³/mol. The Kier molecular flexibility index (Phi) is 8.16. The van der Waals surface area contributed by atoms with Crippen LogP contribution >= 0.6 is 0 Å². The van der Waals surface area contributed by atoms with Gasteiger partial charge in [0.2, 0.25) is 0 Å². The Morgan fingerprint density at radius 3 is 2.54 bits per heavy atom. The zero-order valence-electron chi connectivity index (χ0n) is 18.8. The Morgan fingerprint density at radius 2 is 1.96 bits per heavy atom. The van der Waals surface area contributed by atoms with Gasteiger partial charge in [-0.15, -0.1) is 0 Å². The van der Waals surface area contributed by atoms with Crippen molar-refractivity contribution >= 4 is 5.97 Å². The molecule has 2 aliphatic rings. The monoisotopic (exact) mass is 394 g/mol. The van der Waals surface area contributed by atoms with Gasteiger partial charge in [-0.1, -0.05) is 52.2 Å². The topological polar surface area (TPSA) is 55.8 Å². The first-order valence-corrected chi connectivity index (χ1v) is 11.3. The lowest BCUT2D eigenvalue weighted by atomic mass is 9.65. The van der Waals surface area contributed by atoms with Crippen LogP contribution in [-0.2, 0) is 14.6 Å². The maximum absolute atomic E-state index is 11.1. The van der Waals surface area contributed by atoms with Crippen LogP contribution in [0.15, 0.2) is 12.2 Å². The highest BCUT2D eigenvalue weighted by molar-refractivity contribution is 5.70. The molecular weight excluding hydrogens is 352 g/mol. The van der Waals surface area contributed by atoms with E-state index in [1.54, 1.807) is 6.92 Å². The quantitative estimate of drug-likeness (QED) is 0.356. The fraction of sp³-hybridized carbons (Fsp3) is 0.875. The summed E-state index contributed by atoms with van der Waals surface area (Å²) in [6.45, 7) is 15.3. The Balaban J connectivity index is 1.68. The summed E-state index contributed by atoms with van der Waals surface area (Å²) in [5.74, 6) is 0.0288. The first-order valence-electron chi connectivity index (χ1n) is 11.3. The molecule has 162 valence electrons. The lowest BCUT2D eigenvalue weighted by molar-refractivity contribution is -0.411. The molecule has 1 aliphatic heterocycles. The number of carboxylic acids is 1. The molecular formula is C24H42O4. The third-order valence-corrected chi connectivity index (χ3v) is 7.38. The molecule has 0 spiro atoms. The summed E-state index contributed by atoms with van der Waals surface area (Å²) in [5.41, 5.74) is 1.59. The molecule has 5 atom stereocenters. The number of aliphatic carboxylic acids is 1. The standard InChI is InChI=1S/C24H42O4/c1-17(11-12-20-18(2)10-8-14-23(20,4)5)9-7-15-24(6)16-13-21(27-28-24)19(3)22(25)26/h17,19-21H,2,7-16H2,1,3-6H3,(H,25,26)/t17?,19-,20?,21?,24-/m0/s1. The highest BCUT2D eigenvalue weighted by Crippen LogP contribution is 2.46. The molecule has 1 heterocycles. The lowest BCUT2D eigenvalue weighted by Gasteiger charge is -2.41. The van der Waals surface area contributed by atoms with E-state index in [9.17, 15) is 4.79 Å². The van der Waals surface area contributed by atoms with Crippen molar-refractivity contribution < 1.29 is 19.7 Å². The Bertz CT molecular complexity index is 531. The molecule has 28 heavy (non-hydrogen) atoms. The van der Waals surface area contributed by atoms with Crippen molar-refractivity contribution in [3.05, 3.63) is 12.2 Å². The number of hydrogen-bond donors (Lipinski definition) is 1. The van der Waals surface area contributed by atoms with E-state index in [0.717, 1.165) is 25.7 Å². The molecule has 2 fully saturated rings. The van der Waals surface area contributed by atoms with Crippen molar-refractivity contribution in [2.75, 3.05) is 0 Å². The number of rotatable bonds is 9. The van der Waals surface area contributed by atoms with Gasteiger partial charge in [-0.05, 0) is 76.0 Å². The normalized spacial score (nSPS) is 32.7. The van der Waals surface area contributed by atoms with Crippen LogP contribution in [0.4, 0.5) is 0 Å². The minimum atomic E-state index is -0.824. The number of carboxylic acid groups (broad SMARTS) is 1. The summed E-state index contributed by atoms with van der Waals surface area (Å²) in [6, 6.07) is 0. The molecule has 3 unspecified atom stereocenters. The molecule has 0 bridgehead atoms. The lowest BCUT2D eigenvalue weighted by Crippen LogP contribution is -2.41. The second kappa shape index (κ2) is 9.75. The maximum Gasteiger partial charge on any atom is 0.308 e. The Labute approximate surface area is 172 Å². The molecule has 1 saturated heterocycles. The minimum absolute atomic E-state index is 0.284. The Morgan fingerprint density at radius 1 is 1.25 bits per heavy atom. The van der Waals surface area contributed by atoms with Crippen molar-refractivity contribution in [3.8, 4) is 0 Å². The average molecular weight is 395 g/mol. The highest BCUT2D eigenvalue weighted by Gasteiger charge is 2.38. The van der Waals surface area contributed by atoms with Crippen LogP contribution in [0.25, 0.3) is 0 Å². The van der Waals surface area contributed by atoms with E-state index in [4.69, 9.17) is 14.9 Å². The van der Waals surface area contributed by atoms with Gasteiger partial charge in [0.1, 0.15) is 11.7 Å². The molecule has 1 saturated carbocycles. The molecule has 2 rings (SSSR count). The van der Waals surface area contributed by atoms with Gasteiger partial charge in [0.05, 0.1) is 5.92 Å². The van der Waals surface area contributed by atoms with Gasteiger partial charge in [-0.2, -0.15) is 0 Å². The average Bonchev–Trinajstić information content (AvgIpc) is 2.60. The van der Waals surface area contributed by atoms with E-state index in [1.807, 2.05) is 0 Å². The van der Waals surface area contributed by atoms with E-state index in [1.165, 1.54) is 44.1 Å². The van der Waals surface area contributed by atoms with Crippen molar-refractivity contribution in [1.29, 1.82) is 0 Å². The SMILES string of the molecule is C=C1CCCC(C)(C)C1CCC(C)CCC[C@@]1(C)CCC([C@H](C)C(=O)O)OO1. The zero-order chi connectivity index (χ0) is 20.9. The van der Waals surface area contributed by atoms with E-state index >= 15 is 0 Å². The predicted octanol–water partition coefficient (Wildman–Crippen LogP) is 6.55. The first kappa shape index (κ1) is 23.4. The molecule has 0 aromatic rings. The van der Waals surface area contributed by atoms with Gasteiger partial charge in [0.15, 0.2) is 0 Å². The van der Waals surface area contributed by atoms with Gasteiger partial charge >= 0.3 is 5.97 Å². The van der Waals surface area contributed by atoms with Crippen LogP contribution in [0.2, 0.25) is 0 Å². The van der Waals surface area contributed by atoms with Gasteiger partial charge in [-0.3, -0.25) is 4.79 Å². The van der Waals surface area contributed by atoms with Crippen LogP contribution in [0.1, 0.15) is 98.8 Å². The molecule has 0 radical (unpaired) electrons. The highest BCUT2D eigenvalue weighted by atomic mass is 17.2. The summed E-state index contributed by atoms with van der Waals surface area (Å²) >= 11 is 0. The molecule has 1 aliphatic carbocycles. The molecule has 4 nitrogen and oxygen atoms in total. The second-order valence-corrected chi connectivity index (χ2v) is 10.5. The minimum Gasteiger partial charge on any atom is -0.481 e. The fourth-order valence-corrected chi connectivity index (χ4v) is 5.06. The third-order valence-electron chi connectivity index (χ3n) is 7.38. The van der Waals surface area contributed by atoms with Gasteiger partial charge in [-0.25, -0.2) is 9.78 Å². The van der Waals surface area contributed by atoms with E-state index in [-0.39, 0.29) is 11.7 Å². The second-order valence-electron chi connectivity index (χ2n) is 10.5. The van der Waals surface area contributed by atoms with Crippen LogP contribution in [0.5, 0.6) is 0 Å². The third kappa shape index (κ3) is 6.32. The number of allylic oxidation sites excluding steroid dienone is 1. The fourth-order valence-electron chi connectivity index (χ4n) is 5.06. The van der Waals surface area contributed by atoms with Gasteiger partial charge in [0.25, 0.3) is 0 Å². The van der Waals surface area contributed by atoms with Crippen molar-refractivity contribution in [2.45, 2.75) is 111 Å². The van der Waals surface area contributed by atoms with Crippen molar-refractivity contribution in [2.24, 2.45) is 23.2 Å². The Hall–Kier alpha value is -0.870. The summed E-state index contributed by atoms with van der Waals surface area (Å²) in [4.78, 5) is 22.2. The van der Waals surface area contributed by atoms with Crippen LogP contribution in [-0.4, -0.2) is 22.8 Å². The van der Waals surface area contributed by atoms with Crippen LogP contribution in [0, 0.1) is 23.2 Å². The maximum atomic E-state index is 11.1. The molecule has 0 aromatic heterocycles. The van der Waals surface area contributed by atoms with Gasteiger partial charge in [0, 0.05) is 0 Å². The summed E-state index contributed by atoms with van der Waals surface area (Å²) in [7, 11) is 0. The molecule has 1 N–H and O–H groups in total. The van der Waals surface area contributed by atoms with Crippen LogP contribution in [0.3, 0.4) is 0 Å². The zero-order valence-corrected chi connectivity index (χ0v) is 18.8. The number of carbonyl (C=O) groups is 1. The van der Waals surface area contributed by atoms with Gasteiger partial charge < -0.3 is 5.11 Å². The van der Waals surface area contributed by atoms with Crippen LogP contribution < -0.4 is 0 Å². The van der Waals surface area contributed by atoms with Crippen molar-refractivity contribution in [3.63, 3.8) is 0 Å². The molecule has 0 amide bonds. The van der Waals surface area contributed by atoms with E-state index in [2.05, 4.69) is 34.3 Å². The molecule has 4 heteroatoms. The smallest absolute Gasteiger partial charge is 0.308 e. The van der Waals surface area contributed by atoms with E-state index < -0.39 is 11.9 Å². The summed E-state index contributed by atoms with van der Waals surface area (Å²) < 4.78 is 0. The molecule has 0 aromatic carbocycles. The number of hydrogen-bond acceptors (Lipinski definition) is 3. The summed E-state index contributed by atoms with van der Waals surface area (Å²) in [5, 5.41) is 9.12. The first-order chi connectivity index (χ1) is 13.0. The van der Waals surface area contributed by atoms with E-state index in [0.29, 0.717) is 17.3 Å². The summed E-state index contributed by atoms with van der Waals surface area (Å²) in [6.07, 6.45) is 10.9.